The topological polar surface area (TPSA) is 96.7 Å². The molecule has 8 nitrogen and oxygen atoms in total. The Kier molecular flexibility index (Phi) is 7.07. The highest BCUT2D eigenvalue weighted by atomic mass is 32.2. The highest BCUT2D eigenvalue weighted by Crippen LogP contribution is 2.31. The van der Waals surface area contributed by atoms with Crippen molar-refractivity contribution >= 4 is 26.7 Å². The van der Waals surface area contributed by atoms with Crippen LogP contribution in [0.1, 0.15) is 28.8 Å². The number of hydrogen-bond acceptors (Lipinski definition) is 7. The van der Waals surface area contributed by atoms with Gasteiger partial charge in [0.15, 0.2) is 5.78 Å². The van der Waals surface area contributed by atoms with Crippen LogP contribution in [0.15, 0.2) is 71.6 Å². The Balaban J connectivity index is 1.54. The van der Waals surface area contributed by atoms with Crippen LogP contribution in [0.2, 0.25) is 0 Å². The number of rotatable bonds is 10. The number of hydrogen-bond donors (Lipinski definition) is 0. The molecule has 9 heteroatoms. The molecule has 0 radical (unpaired) electrons. The summed E-state index contributed by atoms with van der Waals surface area (Å²) in [6, 6.07) is 18.5. The summed E-state index contributed by atoms with van der Waals surface area (Å²) in [5.74, 6) is 1.37. The molecule has 4 rings (SSSR count). The van der Waals surface area contributed by atoms with Gasteiger partial charge in [-0.1, -0.05) is 17.7 Å². The van der Waals surface area contributed by atoms with Crippen LogP contribution in [0.3, 0.4) is 0 Å². The van der Waals surface area contributed by atoms with Gasteiger partial charge in [0.25, 0.3) is 10.0 Å². The number of carbonyl (C=O) groups is 1. The van der Waals surface area contributed by atoms with Gasteiger partial charge in [0.05, 0.1) is 36.6 Å². The SMILES string of the molecule is COc1ccc(C(=O)CCCOc2nn(S(=O)(=O)c3ccc(C)cc3)c3ccc(OC)cc23)cc1. The van der Waals surface area contributed by atoms with Crippen molar-refractivity contribution in [1.82, 2.24) is 9.19 Å². The van der Waals surface area contributed by atoms with Crippen molar-refractivity contribution in [3.8, 4) is 17.4 Å². The lowest BCUT2D eigenvalue weighted by Gasteiger charge is -2.06. The molecule has 0 atom stereocenters. The summed E-state index contributed by atoms with van der Waals surface area (Å²) in [5, 5.41) is 4.78. The maximum atomic E-state index is 13.3. The second-order valence-electron chi connectivity index (χ2n) is 7.95. The van der Waals surface area contributed by atoms with Crippen molar-refractivity contribution in [3.63, 3.8) is 0 Å². The summed E-state index contributed by atoms with van der Waals surface area (Å²) < 4.78 is 43.9. The summed E-state index contributed by atoms with van der Waals surface area (Å²) >= 11 is 0. The van der Waals surface area contributed by atoms with Gasteiger partial charge in [-0.2, -0.15) is 8.42 Å². The molecule has 1 heterocycles. The van der Waals surface area contributed by atoms with Crippen molar-refractivity contribution in [2.75, 3.05) is 20.8 Å². The molecule has 1 aromatic heterocycles. The zero-order valence-electron chi connectivity index (χ0n) is 19.7. The lowest BCUT2D eigenvalue weighted by atomic mass is 10.1. The van der Waals surface area contributed by atoms with Gasteiger partial charge >= 0.3 is 0 Å². The molecule has 0 spiro atoms. The lowest BCUT2D eigenvalue weighted by molar-refractivity contribution is 0.0973. The fourth-order valence-corrected chi connectivity index (χ4v) is 4.87. The van der Waals surface area contributed by atoms with Crippen molar-refractivity contribution in [1.29, 1.82) is 0 Å². The van der Waals surface area contributed by atoms with Crippen molar-refractivity contribution < 1.29 is 27.4 Å². The monoisotopic (exact) mass is 494 g/mol. The molecule has 4 aromatic rings. The number of aryl methyl sites for hydroxylation is 1. The maximum absolute atomic E-state index is 13.3. The predicted molar refractivity (Wildman–Crippen MR) is 132 cm³/mol. The number of fused-ring (bicyclic) bond motifs is 1. The molecule has 0 saturated heterocycles. The number of methoxy groups -OCH3 is 2. The number of Topliss-reactive ketones (excluding diaryl/α,β-unsaturated/α-hetero) is 1. The summed E-state index contributed by atoms with van der Waals surface area (Å²) in [5.41, 5.74) is 1.91. The molecule has 0 unspecified atom stereocenters. The van der Waals surface area contributed by atoms with Gasteiger partial charge < -0.3 is 14.2 Å². The van der Waals surface area contributed by atoms with Gasteiger partial charge in [-0.25, -0.2) is 0 Å². The minimum absolute atomic E-state index is 0.0183. The molecule has 0 saturated carbocycles. The Morgan fingerprint density at radius 3 is 2.23 bits per heavy atom. The first-order valence-electron chi connectivity index (χ1n) is 11.0. The summed E-state index contributed by atoms with van der Waals surface area (Å²) in [6.07, 6.45) is 0.712. The zero-order chi connectivity index (χ0) is 25.0. The van der Waals surface area contributed by atoms with Crippen molar-refractivity contribution in [2.45, 2.75) is 24.7 Å². The van der Waals surface area contributed by atoms with Crippen LogP contribution in [0.4, 0.5) is 0 Å². The van der Waals surface area contributed by atoms with Gasteiger partial charge in [-0.05, 0) is 67.9 Å². The van der Waals surface area contributed by atoms with Crippen LogP contribution in [-0.4, -0.2) is 44.2 Å². The lowest BCUT2D eigenvalue weighted by Crippen LogP contribution is -2.14. The molecule has 0 bridgehead atoms. The summed E-state index contributed by atoms with van der Waals surface area (Å²) in [6.45, 7) is 2.08. The molecule has 0 aliphatic heterocycles. The van der Waals surface area contributed by atoms with Crippen LogP contribution in [0.25, 0.3) is 10.9 Å². The van der Waals surface area contributed by atoms with Crippen molar-refractivity contribution in [3.05, 3.63) is 77.9 Å². The van der Waals surface area contributed by atoms with Gasteiger partial charge in [0.1, 0.15) is 11.5 Å². The van der Waals surface area contributed by atoms with E-state index in [1.165, 1.54) is 7.11 Å². The van der Waals surface area contributed by atoms with Crippen LogP contribution in [-0.2, 0) is 10.0 Å². The Bertz CT molecular complexity index is 1440. The van der Waals surface area contributed by atoms with Gasteiger partial charge in [0, 0.05) is 12.0 Å². The number of ketones is 1. The number of nitrogens with zero attached hydrogens (tertiary/aromatic N) is 2. The molecular weight excluding hydrogens is 468 g/mol. The van der Waals surface area contributed by atoms with Gasteiger partial charge in [-0.15, -0.1) is 9.19 Å². The number of ether oxygens (including phenoxy) is 3. The van der Waals surface area contributed by atoms with Crippen LogP contribution in [0, 0.1) is 6.92 Å². The molecule has 0 fully saturated rings. The summed E-state index contributed by atoms with van der Waals surface area (Å²) in [4.78, 5) is 12.6. The second-order valence-corrected chi connectivity index (χ2v) is 9.72. The first-order valence-corrected chi connectivity index (χ1v) is 12.5. The third kappa shape index (κ3) is 5.14. The first-order chi connectivity index (χ1) is 16.8. The van der Waals surface area contributed by atoms with E-state index in [1.807, 2.05) is 6.92 Å². The Labute approximate surface area is 204 Å². The van der Waals surface area contributed by atoms with E-state index in [2.05, 4.69) is 5.10 Å². The Hall–Kier alpha value is -3.85. The van der Waals surface area contributed by atoms with Crippen LogP contribution >= 0.6 is 0 Å². The van der Waals surface area contributed by atoms with Crippen molar-refractivity contribution in [2.24, 2.45) is 0 Å². The summed E-state index contributed by atoms with van der Waals surface area (Å²) in [7, 11) is -0.849. The van der Waals surface area contributed by atoms with Gasteiger partial charge in [0.2, 0.25) is 5.88 Å². The van der Waals surface area contributed by atoms with E-state index >= 15 is 0 Å². The largest absolute Gasteiger partial charge is 0.497 e. The fourth-order valence-electron chi connectivity index (χ4n) is 3.59. The predicted octanol–water partition coefficient (Wildman–Crippen LogP) is 4.64. The highest BCUT2D eigenvalue weighted by Gasteiger charge is 2.24. The highest BCUT2D eigenvalue weighted by molar-refractivity contribution is 7.90. The van der Waals surface area contributed by atoms with E-state index < -0.39 is 10.0 Å². The first kappa shape index (κ1) is 24.3. The van der Waals surface area contributed by atoms with Crippen LogP contribution in [0.5, 0.6) is 17.4 Å². The van der Waals surface area contributed by atoms with E-state index in [-0.39, 0.29) is 29.6 Å². The number of carbonyl (C=O) groups excluding carboxylic acids is 1. The number of aromatic nitrogens is 2. The minimum Gasteiger partial charge on any atom is -0.497 e. The maximum Gasteiger partial charge on any atom is 0.283 e. The Morgan fingerprint density at radius 1 is 0.914 bits per heavy atom. The zero-order valence-corrected chi connectivity index (χ0v) is 20.5. The van der Waals surface area contributed by atoms with E-state index in [9.17, 15) is 13.2 Å². The van der Waals surface area contributed by atoms with E-state index in [0.29, 0.717) is 34.4 Å². The molecule has 0 aliphatic rings. The fraction of sp³-hybridized carbons (Fsp3) is 0.231. The molecular formula is C26H26N2O6S. The smallest absolute Gasteiger partial charge is 0.283 e. The normalized spacial score (nSPS) is 11.4. The minimum atomic E-state index is -3.95. The van der Waals surface area contributed by atoms with E-state index in [4.69, 9.17) is 14.2 Å². The van der Waals surface area contributed by atoms with E-state index in [1.54, 1.807) is 73.8 Å². The molecule has 0 N–H and O–H groups in total. The molecule has 35 heavy (non-hydrogen) atoms. The molecule has 0 aliphatic carbocycles. The van der Waals surface area contributed by atoms with Crippen LogP contribution < -0.4 is 14.2 Å². The quantitative estimate of drug-likeness (QED) is 0.234. The molecule has 3 aromatic carbocycles. The molecule has 0 amide bonds. The second kappa shape index (κ2) is 10.2. The standard InChI is InChI=1S/C26H26N2O6S/c1-18-6-13-22(14-7-18)35(30,31)28-24-15-12-21(33-3)17-23(24)26(27-28)34-16-4-5-25(29)19-8-10-20(32-2)11-9-19/h6-15,17H,4-5,16H2,1-3H3. The number of benzene rings is 3. The average molecular weight is 495 g/mol. The van der Waals surface area contributed by atoms with Gasteiger partial charge in [-0.3, -0.25) is 4.79 Å². The Morgan fingerprint density at radius 2 is 1.57 bits per heavy atom. The average Bonchev–Trinajstić information content (AvgIpc) is 3.25. The molecule has 182 valence electrons. The third-order valence-electron chi connectivity index (χ3n) is 5.57. The van der Waals surface area contributed by atoms with E-state index in [0.717, 1.165) is 9.65 Å². The third-order valence-corrected chi connectivity index (χ3v) is 7.17.